The lowest BCUT2D eigenvalue weighted by Gasteiger charge is -2.43. The van der Waals surface area contributed by atoms with Gasteiger partial charge < -0.3 is 5.32 Å². The highest BCUT2D eigenvalue weighted by atomic mass is 15.0. The minimum Gasteiger partial charge on any atom is -0.312 e. The monoisotopic (exact) mass is 219 g/mol. The fourth-order valence-electron chi connectivity index (χ4n) is 4.22. The van der Waals surface area contributed by atoms with Crippen molar-refractivity contribution < 1.29 is 0 Å². The molecule has 90 valence electrons. The first-order chi connectivity index (χ1) is 7.50. The van der Waals surface area contributed by atoms with Crippen molar-refractivity contribution in [3.8, 4) is 11.8 Å². The fourth-order valence-corrected chi connectivity index (χ4v) is 4.22. The minimum absolute atomic E-state index is 0.479. The standard InChI is InChI=1S/C15H25N/c1-5-6-7-10-16-13-14(2,3)12-8-9-15(13,4)11-12/h12-13,16H,7-11H2,1-4H3. The van der Waals surface area contributed by atoms with E-state index >= 15 is 0 Å². The molecule has 0 heterocycles. The second-order valence-corrected chi connectivity index (χ2v) is 6.48. The molecule has 0 amide bonds. The lowest BCUT2D eigenvalue weighted by Crippen LogP contribution is -2.50. The molecule has 0 radical (unpaired) electrons. The van der Waals surface area contributed by atoms with Crippen molar-refractivity contribution in [3.05, 3.63) is 0 Å². The molecule has 1 N–H and O–H groups in total. The Morgan fingerprint density at radius 3 is 2.62 bits per heavy atom. The molecule has 2 aliphatic carbocycles. The summed E-state index contributed by atoms with van der Waals surface area (Å²) in [5, 5.41) is 3.78. The number of rotatable bonds is 3. The van der Waals surface area contributed by atoms with Crippen molar-refractivity contribution in [3.63, 3.8) is 0 Å². The van der Waals surface area contributed by atoms with Gasteiger partial charge in [-0.1, -0.05) is 20.8 Å². The Hall–Kier alpha value is -0.480. The van der Waals surface area contributed by atoms with Crippen LogP contribution >= 0.6 is 0 Å². The zero-order valence-electron chi connectivity index (χ0n) is 11.2. The summed E-state index contributed by atoms with van der Waals surface area (Å²) in [7, 11) is 0. The molecule has 1 heteroatoms. The zero-order valence-corrected chi connectivity index (χ0v) is 11.2. The minimum atomic E-state index is 0.479. The van der Waals surface area contributed by atoms with Crippen LogP contribution in [0.25, 0.3) is 0 Å². The fraction of sp³-hybridized carbons (Fsp3) is 0.867. The van der Waals surface area contributed by atoms with E-state index in [9.17, 15) is 0 Å². The van der Waals surface area contributed by atoms with Gasteiger partial charge in [0.2, 0.25) is 0 Å². The Balaban J connectivity index is 1.99. The molecule has 0 aromatic rings. The van der Waals surface area contributed by atoms with Gasteiger partial charge in [0.05, 0.1) is 0 Å². The van der Waals surface area contributed by atoms with Crippen LogP contribution in [0.1, 0.15) is 53.4 Å². The molecule has 2 aliphatic rings. The predicted octanol–water partition coefficient (Wildman–Crippen LogP) is 3.20. The van der Waals surface area contributed by atoms with Gasteiger partial charge in [-0.3, -0.25) is 0 Å². The van der Waals surface area contributed by atoms with Crippen molar-refractivity contribution >= 4 is 0 Å². The highest BCUT2D eigenvalue weighted by Crippen LogP contribution is 2.62. The molecular formula is C15H25N. The molecular weight excluding hydrogens is 194 g/mol. The first-order valence-corrected chi connectivity index (χ1v) is 6.64. The second kappa shape index (κ2) is 4.08. The summed E-state index contributed by atoms with van der Waals surface area (Å²) in [6.45, 7) is 10.3. The van der Waals surface area contributed by atoms with Gasteiger partial charge in [0.25, 0.3) is 0 Å². The number of hydrogen-bond donors (Lipinski definition) is 1. The van der Waals surface area contributed by atoms with Crippen LogP contribution in [0, 0.1) is 28.6 Å². The highest BCUT2D eigenvalue weighted by Gasteiger charge is 2.58. The summed E-state index contributed by atoms with van der Waals surface area (Å²) >= 11 is 0. The number of hydrogen-bond acceptors (Lipinski definition) is 1. The average Bonchev–Trinajstić information content (AvgIpc) is 2.68. The van der Waals surface area contributed by atoms with E-state index in [0.29, 0.717) is 16.9 Å². The smallest absolute Gasteiger partial charge is 0.0214 e. The van der Waals surface area contributed by atoms with Crippen LogP contribution in [0.15, 0.2) is 0 Å². The Labute approximate surface area is 100 Å². The third-order valence-corrected chi connectivity index (χ3v) is 5.05. The molecule has 2 saturated carbocycles. The number of fused-ring (bicyclic) bond motifs is 2. The van der Waals surface area contributed by atoms with Crippen LogP contribution in [0.2, 0.25) is 0 Å². The van der Waals surface area contributed by atoms with E-state index in [1.165, 1.54) is 19.3 Å². The Morgan fingerprint density at radius 2 is 2.06 bits per heavy atom. The summed E-state index contributed by atoms with van der Waals surface area (Å²) in [5.74, 6) is 7.05. The van der Waals surface area contributed by atoms with E-state index in [4.69, 9.17) is 0 Å². The topological polar surface area (TPSA) is 12.0 Å². The molecule has 0 aromatic carbocycles. The normalized spacial score (nSPS) is 39.5. The van der Waals surface area contributed by atoms with Crippen molar-refractivity contribution in [2.75, 3.05) is 6.54 Å². The third-order valence-electron chi connectivity index (χ3n) is 5.05. The molecule has 0 aliphatic heterocycles. The molecule has 0 spiro atoms. The maximum atomic E-state index is 3.78. The van der Waals surface area contributed by atoms with Crippen LogP contribution in [0.3, 0.4) is 0 Å². The van der Waals surface area contributed by atoms with E-state index in [1.807, 2.05) is 6.92 Å². The summed E-state index contributed by atoms with van der Waals surface area (Å²) in [6.07, 6.45) is 5.27. The van der Waals surface area contributed by atoms with Crippen LogP contribution < -0.4 is 5.32 Å². The van der Waals surface area contributed by atoms with Crippen LogP contribution in [0.4, 0.5) is 0 Å². The Morgan fingerprint density at radius 1 is 1.31 bits per heavy atom. The van der Waals surface area contributed by atoms with Gasteiger partial charge in [0.15, 0.2) is 0 Å². The van der Waals surface area contributed by atoms with Gasteiger partial charge in [0, 0.05) is 19.0 Å². The average molecular weight is 219 g/mol. The van der Waals surface area contributed by atoms with E-state index in [2.05, 4.69) is 37.9 Å². The largest absolute Gasteiger partial charge is 0.312 e. The summed E-state index contributed by atoms with van der Waals surface area (Å²) in [6, 6.07) is 0.692. The number of nitrogens with one attached hydrogen (secondary N) is 1. The molecule has 0 saturated heterocycles. The van der Waals surface area contributed by atoms with E-state index in [0.717, 1.165) is 18.9 Å². The quantitative estimate of drug-likeness (QED) is 0.568. The predicted molar refractivity (Wildman–Crippen MR) is 69.1 cm³/mol. The van der Waals surface area contributed by atoms with Gasteiger partial charge in [-0.15, -0.1) is 11.8 Å². The summed E-state index contributed by atoms with van der Waals surface area (Å²) < 4.78 is 0. The molecule has 3 unspecified atom stereocenters. The maximum Gasteiger partial charge on any atom is 0.0214 e. The van der Waals surface area contributed by atoms with Gasteiger partial charge in [-0.2, -0.15) is 0 Å². The molecule has 3 atom stereocenters. The lowest BCUT2D eigenvalue weighted by molar-refractivity contribution is 0.110. The molecule has 2 rings (SSSR count). The van der Waals surface area contributed by atoms with Crippen molar-refractivity contribution in [1.82, 2.24) is 5.32 Å². The van der Waals surface area contributed by atoms with Crippen molar-refractivity contribution in [2.45, 2.75) is 59.4 Å². The maximum absolute atomic E-state index is 3.78. The van der Waals surface area contributed by atoms with Gasteiger partial charge >= 0.3 is 0 Å². The molecule has 2 bridgehead atoms. The van der Waals surface area contributed by atoms with Gasteiger partial charge in [-0.25, -0.2) is 0 Å². The second-order valence-electron chi connectivity index (χ2n) is 6.48. The summed E-state index contributed by atoms with van der Waals surface area (Å²) in [5.41, 5.74) is 1.03. The third kappa shape index (κ3) is 1.78. The van der Waals surface area contributed by atoms with E-state index in [-0.39, 0.29) is 0 Å². The Kier molecular flexibility index (Phi) is 3.05. The molecule has 16 heavy (non-hydrogen) atoms. The van der Waals surface area contributed by atoms with Gasteiger partial charge in [0.1, 0.15) is 0 Å². The summed E-state index contributed by atoms with van der Waals surface area (Å²) in [4.78, 5) is 0. The first-order valence-electron chi connectivity index (χ1n) is 6.64. The molecule has 2 fully saturated rings. The SMILES string of the molecule is CC#CCCNC1C2(C)CCC(C2)C1(C)C. The highest BCUT2D eigenvalue weighted by molar-refractivity contribution is 5.12. The van der Waals surface area contributed by atoms with Crippen LogP contribution in [-0.4, -0.2) is 12.6 Å². The molecule has 0 aromatic heterocycles. The Bertz CT molecular complexity index is 315. The van der Waals surface area contributed by atoms with Crippen LogP contribution in [0.5, 0.6) is 0 Å². The first kappa shape index (κ1) is 12.0. The molecule has 1 nitrogen and oxygen atoms in total. The van der Waals surface area contributed by atoms with Gasteiger partial charge in [-0.05, 0) is 42.9 Å². The van der Waals surface area contributed by atoms with E-state index < -0.39 is 0 Å². The van der Waals surface area contributed by atoms with Crippen molar-refractivity contribution in [2.24, 2.45) is 16.7 Å². The van der Waals surface area contributed by atoms with E-state index in [1.54, 1.807) is 0 Å². The zero-order chi connectivity index (χ0) is 11.8. The van der Waals surface area contributed by atoms with Crippen molar-refractivity contribution in [1.29, 1.82) is 0 Å². The lowest BCUT2D eigenvalue weighted by atomic mass is 9.68. The van der Waals surface area contributed by atoms with Crippen LogP contribution in [-0.2, 0) is 0 Å².